The van der Waals surface area contributed by atoms with E-state index in [1.807, 2.05) is 25.1 Å². The quantitative estimate of drug-likeness (QED) is 0.826. The summed E-state index contributed by atoms with van der Waals surface area (Å²) in [5.41, 5.74) is 2.59. The van der Waals surface area contributed by atoms with Crippen LogP contribution < -0.4 is 5.32 Å². The third-order valence-electron chi connectivity index (χ3n) is 3.25. The number of benzene rings is 1. The number of anilines is 1. The van der Waals surface area contributed by atoms with Crippen LogP contribution in [-0.2, 0) is 9.53 Å². The van der Waals surface area contributed by atoms with Gasteiger partial charge >= 0.3 is 0 Å². The highest BCUT2D eigenvalue weighted by atomic mass is 16.5. The first-order valence-electron chi connectivity index (χ1n) is 6.81. The molecule has 1 amide bonds. The lowest BCUT2D eigenvalue weighted by Crippen LogP contribution is -2.19. The molecule has 4 heteroatoms. The lowest BCUT2D eigenvalue weighted by Gasteiger charge is -2.10. The van der Waals surface area contributed by atoms with Gasteiger partial charge in [0, 0.05) is 17.9 Å². The lowest BCUT2D eigenvalue weighted by molar-refractivity contribution is -0.118. The van der Waals surface area contributed by atoms with Crippen LogP contribution in [0.15, 0.2) is 18.2 Å². The van der Waals surface area contributed by atoms with Crippen LogP contribution in [0, 0.1) is 18.8 Å². The maximum Gasteiger partial charge on any atom is 0.226 e. The van der Waals surface area contributed by atoms with Gasteiger partial charge in [0.25, 0.3) is 0 Å². The first-order valence-corrected chi connectivity index (χ1v) is 6.81. The van der Waals surface area contributed by atoms with Gasteiger partial charge in [-0.1, -0.05) is 11.8 Å². The van der Waals surface area contributed by atoms with Crippen molar-refractivity contribution in [3.63, 3.8) is 0 Å². The predicted octanol–water partition coefficient (Wildman–Crippen LogP) is 1.85. The molecule has 2 N–H and O–H groups in total. The molecule has 4 nitrogen and oxygen atoms in total. The molecular formula is C16H19NO3. The summed E-state index contributed by atoms with van der Waals surface area (Å²) in [5, 5.41) is 11.6. The second-order valence-corrected chi connectivity index (χ2v) is 4.88. The highest BCUT2D eigenvalue weighted by molar-refractivity contribution is 5.91. The number of carbonyl (C=O) groups is 1. The normalized spacial score (nSPS) is 17.4. The minimum Gasteiger partial charge on any atom is -0.384 e. The van der Waals surface area contributed by atoms with Gasteiger partial charge in [-0.15, -0.1) is 0 Å². The summed E-state index contributed by atoms with van der Waals surface area (Å²) < 4.78 is 5.45. The molecule has 1 aromatic carbocycles. The zero-order valence-electron chi connectivity index (χ0n) is 11.6. The summed E-state index contributed by atoms with van der Waals surface area (Å²) in [6.45, 7) is 2.53. The van der Waals surface area contributed by atoms with E-state index >= 15 is 0 Å². The van der Waals surface area contributed by atoms with E-state index in [2.05, 4.69) is 17.2 Å². The van der Waals surface area contributed by atoms with Gasteiger partial charge in [-0.05, 0) is 43.5 Å². The predicted molar refractivity (Wildman–Crippen MR) is 77.4 cm³/mol. The Labute approximate surface area is 119 Å². The molecule has 1 fully saturated rings. The van der Waals surface area contributed by atoms with Crippen LogP contribution in [0.1, 0.15) is 30.4 Å². The van der Waals surface area contributed by atoms with Crippen molar-refractivity contribution in [2.75, 3.05) is 18.5 Å². The van der Waals surface area contributed by atoms with Crippen molar-refractivity contribution < 1.29 is 14.6 Å². The van der Waals surface area contributed by atoms with Crippen LogP contribution in [0.2, 0.25) is 0 Å². The second-order valence-electron chi connectivity index (χ2n) is 4.88. The number of aliphatic hydroxyl groups is 1. The second kappa shape index (κ2) is 7.09. The van der Waals surface area contributed by atoms with Crippen LogP contribution in [0.3, 0.4) is 0 Å². The molecule has 1 aromatic rings. The molecule has 1 aliphatic heterocycles. The van der Waals surface area contributed by atoms with Crippen LogP contribution in [0.5, 0.6) is 0 Å². The fraction of sp³-hybridized carbons (Fsp3) is 0.438. The monoisotopic (exact) mass is 273 g/mol. The smallest absolute Gasteiger partial charge is 0.226 e. The summed E-state index contributed by atoms with van der Waals surface area (Å²) in [6, 6.07) is 5.55. The average Bonchev–Trinajstić information content (AvgIpc) is 2.90. The molecule has 0 saturated carbocycles. The van der Waals surface area contributed by atoms with Crippen LogP contribution >= 0.6 is 0 Å². The van der Waals surface area contributed by atoms with Gasteiger partial charge in [0.2, 0.25) is 5.91 Å². The molecule has 0 radical (unpaired) electrons. The van der Waals surface area contributed by atoms with Gasteiger partial charge in [0.15, 0.2) is 0 Å². The van der Waals surface area contributed by atoms with E-state index in [0.29, 0.717) is 6.42 Å². The SMILES string of the molecule is Cc1cc(NC(=O)CC2CCCO2)ccc1C#CCO. The number of aliphatic hydroxyl groups excluding tert-OH is 1. The zero-order valence-corrected chi connectivity index (χ0v) is 11.6. The molecule has 1 atom stereocenters. The number of nitrogens with one attached hydrogen (secondary N) is 1. The fourth-order valence-corrected chi connectivity index (χ4v) is 2.24. The summed E-state index contributed by atoms with van der Waals surface area (Å²) in [5.74, 6) is 5.46. The van der Waals surface area contributed by atoms with Gasteiger partial charge in [-0.25, -0.2) is 0 Å². The first kappa shape index (κ1) is 14.6. The van der Waals surface area contributed by atoms with E-state index < -0.39 is 0 Å². The van der Waals surface area contributed by atoms with Crippen molar-refractivity contribution in [1.29, 1.82) is 0 Å². The Morgan fingerprint density at radius 2 is 2.40 bits per heavy atom. The number of rotatable bonds is 3. The highest BCUT2D eigenvalue weighted by Gasteiger charge is 2.19. The number of ether oxygens (including phenoxy) is 1. The topological polar surface area (TPSA) is 58.6 Å². The van der Waals surface area contributed by atoms with E-state index in [-0.39, 0.29) is 18.6 Å². The number of hydrogen-bond donors (Lipinski definition) is 2. The molecule has 2 rings (SSSR count). The minimum absolute atomic E-state index is 0.0227. The molecule has 1 aliphatic rings. The largest absolute Gasteiger partial charge is 0.384 e. The lowest BCUT2D eigenvalue weighted by atomic mass is 10.1. The summed E-state index contributed by atoms with van der Waals surface area (Å²) in [6.07, 6.45) is 2.47. The Bertz CT molecular complexity index is 536. The van der Waals surface area contributed by atoms with E-state index in [1.165, 1.54) is 0 Å². The van der Waals surface area contributed by atoms with Crippen molar-refractivity contribution in [2.45, 2.75) is 32.3 Å². The first-order chi connectivity index (χ1) is 9.69. The maximum absolute atomic E-state index is 11.9. The molecule has 0 aromatic heterocycles. The van der Waals surface area contributed by atoms with E-state index in [9.17, 15) is 4.79 Å². The van der Waals surface area contributed by atoms with Crippen molar-refractivity contribution in [3.8, 4) is 11.8 Å². The third-order valence-corrected chi connectivity index (χ3v) is 3.25. The Balaban J connectivity index is 1.95. The van der Waals surface area contributed by atoms with E-state index in [1.54, 1.807) is 0 Å². The molecule has 0 bridgehead atoms. The van der Waals surface area contributed by atoms with E-state index in [4.69, 9.17) is 9.84 Å². The minimum atomic E-state index is -0.153. The van der Waals surface area contributed by atoms with Gasteiger partial charge in [-0.3, -0.25) is 4.79 Å². The van der Waals surface area contributed by atoms with Crippen LogP contribution in [0.4, 0.5) is 5.69 Å². The van der Waals surface area contributed by atoms with Crippen LogP contribution in [-0.4, -0.2) is 30.3 Å². The highest BCUT2D eigenvalue weighted by Crippen LogP contribution is 2.18. The third kappa shape index (κ3) is 4.09. The van der Waals surface area contributed by atoms with Crippen molar-refractivity contribution in [3.05, 3.63) is 29.3 Å². The molecular weight excluding hydrogens is 254 g/mol. The van der Waals surface area contributed by atoms with Gasteiger partial charge in [0.05, 0.1) is 12.5 Å². The Kier molecular flexibility index (Phi) is 5.16. The summed E-state index contributed by atoms with van der Waals surface area (Å²) in [4.78, 5) is 11.9. The summed E-state index contributed by atoms with van der Waals surface area (Å²) >= 11 is 0. The molecule has 0 aliphatic carbocycles. The molecule has 1 saturated heterocycles. The number of hydrogen-bond acceptors (Lipinski definition) is 3. The van der Waals surface area contributed by atoms with Crippen molar-refractivity contribution >= 4 is 11.6 Å². The van der Waals surface area contributed by atoms with Crippen LogP contribution in [0.25, 0.3) is 0 Å². The maximum atomic E-state index is 11.9. The Hall–Kier alpha value is -1.83. The molecule has 1 heterocycles. The van der Waals surface area contributed by atoms with Crippen molar-refractivity contribution in [2.24, 2.45) is 0 Å². The van der Waals surface area contributed by atoms with Crippen molar-refractivity contribution in [1.82, 2.24) is 0 Å². The molecule has 0 spiro atoms. The van der Waals surface area contributed by atoms with Gasteiger partial charge < -0.3 is 15.2 Å². The average molecular weight is 273 g/mol. The van der Waals surface area contributed by atoms with Gasteiger partial charge in [-0.2, -0.15) is 0 Å². The number of amides is 1. The van der Waals surface area contributed by atoms with E-state index in [0.717, 1.165) is 36.3 Å². The Morgan fingerprint density at radius 3 is 3.05 bits per heavy atom. The summed E-state index contributed by atoms with van der Waals surface area (Å²) in [7, 11) is 0. The zero-order chi connectivity index (χ0) is 14.4. The number of carbonyl (C=O) groups excluding carboxylic acids is 1. The molecule has 20 heavy (non-hydrogen) atoms. The molecule has 106 valence electrons. The standard InChI is InChI=1S/C16H19NO3/c1-12-10-14(7-6-13(12)4-2-8-18)17-16(19)11-15-5-3-9-20-15/h6-7,10,15,18H,3,5,8-9,11H2,1H3,(H,17,19). The molecule has 1 unspecified atom stereocenters. The Morgan fingerprint density at radius 1 is 1.55 bits per heavy atom. The fourth-order valence-electron chi connectivity index (χ4n) is 2.24. The number of aryl methyl sites for hydroxylation is 1. The van der Waals surface area contributed by atoms with Gasteiger partial charge in [0.1, 0.15) is 6.61 Å².